The molecule has 0 aliphatic carbocycles. The summed E-state index contributed by atoms with van der Waals surface area (Å²) in [7, 11) is -4.10. The summed E-state index contributed by atoms with van der Waals surface area (Å²) in [5, 5.41) is 10.6. The van der Waals surface area contributed by atoms with Crippen LogP contribution in [0.3, 0.4) is 0 Å². The molecule has 1 amide bonds. The molecule has 0 bridgehead atoms. The average molecular weight is 412 g/mol. The molecule has 2 rings (SSSR count). The van der Waals surface area contributed by atoms with Crippen LogP contribution in [0.25, 0.3) is 0 Å². The topological polar surface area (TPSA) is 106 Å². The van der Waals surface area contributed by atoms with Gasteiger partial charge in [0.15, 0.2) is 0 Å². The van der Waals surface area contributed by atoms with E-state index in [9.17, 15) is 17.6 Å². The Kier molecular flexibility index (Phi) is 6.56. The van der Waals surface area contributed by atoms with Crippen LogP contribution in [-0.2, 0) is 16.4 Å². The number of carbonyl (C=O) groups excluding carboxylic acids is 1. The first-order valence-electron chi connectivity index (χ1n) is 8.91. The van der Waals surface area contributed by atoms with Crippen LogP contribution in [-0.4, -0.2) is 41.2 Å². The van der Waals surface area contributed by atoms with E-state index in [1.165, 1.54) is 6.07 Å². The first kappa shape index (κ1) is 22.0. The standard InChI is InChI=1S/C18H26FN5O3S/c1-12(2)24-11-21-22-16(24)8-9-20-17(25)13-6-7-14(19)15(10-13)28(26,27)23-18(3,4)5/h6-7,10-12,23H,8-9H2,1-5H3,(H,20,25). The first-order chi connectivity index (χ1) is 12.9. The molecule has 8 nitrogen and oxygen atoms in total. The van der Waals surface area contributed by atoms with Crippen molar-refractivity contribution >= 4 is 15.9 Å². The third kappa shape index (κ3) is 5.59. The quantitative estimate of drug-likeness (QED) is 0.725. The highest BCUT2D eigenvalue weighted by molar-refractivity contribution is 7.89. The summed E-state index contributed by atoms with van der Waals surface area (Å²) in [4.78, 5) is 11.8. The second-order valence-electron chi connectivity index (χ2n) is 7.75. The van der Waals surface area contributed by atoms with Crippen LogP contribution in [0.5, 0.6) is 0 Å². The van der Waals surface area contributed by atoms with Crippen molar-refractivity contribution in [1.82, 2.24) is 24.8 Å². The number of hydrogen-bond donors (Lipinski definition) is 2. The van der Waals surface area contributed by atoms with Crippen LogP contribution in [0.1, 0.15) is 56.8 Å². The maximum absolute atomic E-state index is 14.1. The largest absolute Gasteiger partial charge is 0.352 e. The normalized spacial score (nSPS) is 12.4. The van der Waals surface area contributed by atoms with E-state index in [0.29, 0.717) is 6.42 Å². The molecule has 0 unspecified atom stereocenters. The molecule has 2 aromatic rings. The number of rotatable bonds is 7. The van der Waals surface area contributed by atoms with E-state index in [0.717, 1.165) is 18.0 Å². The fraction of sp³-hybridized carbons (Fsp3) is 0.500. The summed E-state index contributed by atoms with van der Waals surface area (Å²) >= 11 is 0. The van der Waals surface area contributed by atoms with Gasteiger partial charge in [0.05, 0.1) is 0 Å². The van der Waals surface area contributed by atoms with Crippen molar-refractivity contribution in [2.75, 3.05) is 6.54 Å². The number of benzene rings is 1. The number of sulfonamides is 1. The Morgan fingerprint density at radius 2 is 1.96 bits per heavy atom. The molecule has 1 aromatic carbocycles. The molecular formula is C18H26FN5O3S. The molecule has 1 aromatic heterocycles. The minimum absolute atomic E-state index is 0.0565. The number of amides is 1. The van der Waals surface area contributed by atoms with Crippen molar-refractivity contribution < 1.29 is 17.6 Å². The second kappa shape index (κ2) is 8.36. The Bertz CT molecular complexity index is 948. The zero-order chi connectivity index (χ0) is 21.1. The molecule has 0 spiro atoms. The zero-order valence-electron chi connectivity index (χ0n) is 16.7. The SMILES string of the molecule is CC(C)n1cnnc1CCNC(=O)c1ccc(F)c(S(=O)(=O)NC(C)(C)C)c1. The third-order valence-electron chi connectivity index (χ3n) is 3.76. The van der Waals surface area contributed by atoms with Crippen LogP contribution in [0.4, 0.5) is 4.39 Å². The van der Waals surface area contributed by atoms with E-state index >= 15 is 0 Å². The number of carbonyl (C=O) groups is 1. The van der Waals surface area contributed by atoms with E-state index in [2.05, 4.69) is 20.2 Å². The lowest BCUT2D eigenvalue weighted by atomic mass is 10.1. The molecule has 2 N–H and O–H groups in total. The number of aromatic nitrogens is 3. The predicted molar refractivity (Wildman–Crippen MR) is 103 cm³/mol. The van der Waals surface area contributed by atoms with Crippen molar-refractivity contribution in [1.29, 1.82) is 0 Å². The predicted octanol–water partition coefficient (Wildman–Crippen LogP) is 2.05. The Morgan fingerprint density at radius 3 is 2.57 bits per heavy atom. The Balaban J connectivity index is 2.11. The smallest absolute Gasteiger partial charge is 0.251 e. The summed E-state index contributed by atoms with van der Waals surface area (Å²) in [6.07, 6.45) is 2.09. The van der Waals surface area contributed by atoms with Gasteiger partial charge in [-0.25, -0.2) is 17.5 Å². The summed E-state index contributed by atoms with van der Waals surface area (Å²) in [6, 6.07) is 3.45. The van der Waals surface area contributed by atoms with Gasteiger partial charge in [-0.2, -0.15) is 0 Å². The van der Waals surface area contributed by atoms with Crippen LogP contribution in [0.2, 0.25) is 0 Å². The lowest BCUT2D eigenvalue weighted by molar-refractivity contribution is 0.0953. The molecule has 28 heavy (non-hydrogen) atoms. The summed E-state index contributed by atoms with van der Waals surface area (Å²) in [5.41, 5.74) is -0.725. The van der Waals surface area contributed by atoms with Crippen molar-refractivity contribution in [2.24, 2.45) is 0 Å². The fourth-order valence-electron chi connectivity index (χ4n) is 2.58. The van der Waals surface area contributed by atoms with Crippen molar-refractivity contribution in [3.8, 4) is 0 Å². The van der Waals surface area contributed by atoms with Crippen molar-refractivity contribution in [2.45, 2.75) is 57.5 Å². The monoisotopic (exact) mass is 411 g/mol. The number of nitrogens with one attached hydrogen (secondary N) is 2. The molecule has 10 heteroatoms. The number of nitrogens with zero attached hydrogens (tertiary/aromatic N) is 3. The Labute approximate surface area is 164 Å². The molecule has 1 heterocycles. The highest BCUT2D eigenvalue weighted by Gasteiger charge is 2.26. The summed E-state index contributed by atoms with van der Waals surface area (Å²) in [5.74, 6) is -0.687. The van der Waals surface area contributed by atoms with Gasteiger partial charge in [0.2, 0.25) is 10.0 Å². The highest BCUT2D eigenvalue weighted by Crippen LogP contribution is 2.18. The van der Waals surface area contributed by atoms with Gasteiger partial charge in [-0.1, -0.05) is 0 Å². The molecule has 0 aliphatic rings. The molecule has 0 saturated heterocycles. The average Bonchev–Trinajstić information content (AvgIpc) is 3.01. The van der Waals surface area contributed by atoms with Gasteiger partial charge >= 0.3 is 0 Å². The maximum atomic E-state index is 14.1. The van der Waals surface area contributed by atoms with Crippen LogP contribution < -0.4 is 10.0 Å². The van der Waals surface area contributed by atoms with Gasteiger partial charge in [0, 0.05) is 30.1 Å². The second-order valence-corrected chi connectivity index (χ2v) is 9.41. The van der Waals surface area contributed by atoms with Crippen molar-refractivity contribution in [3.63, 3.8) is 0 Å². The lowest BCUT2D eigenvalue weighted by Crippen LogP contribution is -2.40. The van der Waals surface area contributed by atoms with Gasteiger partial charge in [-0.3, -0.25) is 4.79 Å². The van der Waals surface area contributed by atoms with Crippen LogP contribution in [0, 0.1) is 5.82 Å². The molecular weight excluding hydrogens is 385 g/mol. The van der Waals surface area contributed by atoms with E-state index in [-0.39, 0.29) is 18.2 Å². The zero-order valence-corrected chi connectivity index (χ0v) is 17.5. The summed E-state index contributed by atoms with van der Waals surface area (Å²) < 4.78 is 43.2. The van der Waals surface area contributed by atoms with E-state index in [1.807, 2.05) is 18.4 Å². The van der Waals surface area contributed by atoms with E-state index < -0.39 is 32.2 Å². The maximum Gasteiger partial charge on any atom is 0.251 e. The van der Waals surface area contributed by atoms with Crippen LogP contribution in [0.15, 0.2) is 29.4 Å². The number of hydrogen-bond acceptors (Lipinski definition) is 5. The Morgan fingerprint density at radius 1 is 1.29 bits per heavy atom. The summed E-state index contributed by atoms with van der Waals surface area (Å²) in [6.45, 7) is 9.22. The number of halogens is 1. The molecule has 0 radical (unpaired) electrons. The third-order valence-corrected chi connectivity index (χ3v) is 5.53. The van der Waals surface area contributed by atoms with Gasteiger partial charge in [-0.05, 0) is 52.8 Å². The van der Waals surface area contributed by atoms with Gasteiger partial charge in [-0.15, -0.1) is 10.2 Å². The van der Waals surface area contributed by atoms with E-state index in [4.69, 9.17) is 0 Å². The van der Waals surface area contributed by atoms with Gasteiger partial charge < -0.3 is 9.88 Å². The van der Waals surface area contributed by atoms with Gasteiger partial charge in [0.1, 0.15) is 22.9 Å². The molecule has 0 saturated carbocycles. The molecule has 0 atom stereocenters. The molecule has 154 valence electrons. The first-order valence-corrected chi connectivity index (χ1v) is 10.4. The molecule has 0 aliphatic heterocycles. The molecule has 0 fully saturated rings. The minimum Gasteiger partial charge on any atom is -0.352 e. The van der Waals surface area contributed by atoms with Crippen molar-refractivity contribution in [3.05, 3.63) is 41.7 Å². The Hall–Kier alpha value is -2.33. The lowest BCUT2D eigenvalue weighted by Gasteiger charge is -2.20. The van der Waals surface area contributed by atoms with Crippen LogP contribution >= 0.6 is 0 Å². The fourth-order valence-corrected chi connectivity index (χ4v) is 4.10. The van der Waals surface area contributed by atoms with E-state index in [1.54, 1.807) is 27.1 Å². The van der Waals surface area contributed by atoms with Gasteiger partial charge in [0.25, 0.3) is 5.91 Å². The minimum atomic E-state index is -4.10. The highest BCUT2D eigenvalue weighted by atomic mass is 32.2.